The molecule has 0 radical (unpaired) electrons. The minimum Gasteiger partial charge on any atom is -0.445 e. The number of aromatic nitrogens is 1. The minimum atomic E-state index is 0.00908. The third-order valence-corrected chi connectivity index (χ3v) is 5.48. The zero-order valence-electron chi connectivity index (χ0n) is 13.5. The molecule has 1 atom stereocenters. The first-order valence-corrected chi connectivity index (χ1v) is 8.98. The Morgan fingerprint density at radius 3 is 3.08 bits per heavy atom. The number of carbonyl (C=O) groups excluding carboxylic acids is 1. The zero-order valence-corrected chi connectivity index (χ0v) is 14.3. The lowest BCUT2D eigenvalue weighted by Crippen LogP contribution is -2.52. The van der Waals surface area contributed by atoms with Gasteiger partial charge in [-0.2, -0.15) is 0 Å². The van der Waals surface area contributed by atoms with Crippen molar-refractivity contribution in [2.75, 3.05) is 13.1 Å². The smallest absolute Gasteiger partial charge is 0.252 e. The Morgan fingerprint density at radius 2 is 2.33 bits per heavy atom. The second-order valence-corrected chi connectivity index (χ2v) is 7.03. The Labute approximate surface area is 144 Å². The number of oxazole rings is 1. The highest BCUT2D eigenvalue weighted by Gasteiger charge is 2.29. The Morgan fingerprint density at radius 1 is 1.46 bits per heavy atom. The molecular weight excluding hydrogens is 322 g/mol. The Kier molecular flexibility index (Phi) is 4.08. The molecule has 1 N–H and O–H groups in total. The van der Waals surface area contributed by atoms with Gasteiger partial charge in [0, 0.05) is 41.5 Å². The first-order valence-electron chi connectivity index (χ1n) is 8.10. The Balaban J connectivity index is 1.35. The maximum Gasteiger partial charge on any atom is 0.252 e. The highest BCUT2D eigenvalue weighted by molar-refractivity contribution is 7.17. The first-order chi connectivity index (χ1) is 11.7. The topological polar surface area (TPSA) is 58.4 Å². The number of fused-ring (bicyclic) bond motifs is 1. The number of rotatable bonds is 5. The number of nitrogens with zero attached hydrogens (tertiary/aromatic N) is 2. The van der Waals surface area contributed by atoms with E-state index in [0.717, 1.165) is 40.9 Å². The summed E-state index contributed by atoms with van der Waals surface area (Å²) in [4.78, 5) is 18.9. The normalized spacial score (nSPS) is 17.8. The van der Waals surface area contributed by atoms with Crippen LogP contribution in [-0.4, -0.2) is 34.9 Å². The number of likely N-dealkylation sites (tertiary alicyclic amines) is 1. The highest BCUT2D eigenvalue weighted by atomic mass is 32.1. The van der Waals surface area contributed by atoms with E-state index in [1.54, 1.807) is 17.5 Å². The van der Waals surface area contributed by atoms with E-state index in [1.807, 2.05) is 36.6 Å². The number of carbonyl (C=O) groups is 1. The van der Waals surface area contributed by atoms with Crippen LogP contribution in [0, 0.1) is 6.92 Å². The van der Waals surface area contributed by atoms with E-state index < -0.39 is 0 Å². The average molecular weight is 341 g/mol. The molecule has 4 rings (SSSR count). The van der Waals surface area contributed by atoms with Gasteiger partial charge in [-0.25, -0.2) is 4.98 Å². The molecule has 24 heavy (non-hydrogen) atoms. The molecule has 1 aromatic carbocycles. The molecule has 1 amide bonds. The van der Waals surface area contributed by atoms with Gasteiger partial charge in [-0.1, -0.05) is 18.2 Å². The lowest BCUT2D eigenvalue weighted by atomic mass is 10.0. The summed E-state index contributed by atoms with van der Waals surface area (Å²) in [5, 5.41) is 6.05. The van der Waals surface area contributed by atoms with Crippen molar-refractivity contribution in [1.82, 2.24) is 15.2 Å². The van der Waals surface area contributed by atoms with Gasteiger partial charge in [0.25, 0.3) is 5.91 Å². The molecule has 0 aliphatic carbocycles. The van der Waals surface area contributed by atoms with Crippen molar-refractivity contribution in [2.24, 2.45) is 0 Å². The standard InChI is InChI=1S/C18H19N3O2S/c1-12-19-9-14(23-12)10-21-7-6-13(21)8-20-18(22)16-11-24-17-5-3-2-4-15(16)17/h2-5,9,11,13H,6-8,10H2,1H3,(H,20,22). The fourth-order valence-electron chi connectivity index (χ4n) is 3.07. The molecule has 1 aliphatic rings. The van der Waals surface area contributed by atoms with Crippen LogP contribution in [0.2, 0.25) is 0 Å². The van der Waals surface area contributed by atoms with Gasteiger partial charge in [-0.3, -0.25) is 9.69 Å². The van der Waals surface area contributed by atoms with Gasteiger partial charge in [0.05, 0.1) is 18.3 Å². The van der Waals surface area contributed by atoms with E-state index in [-0.39, 0.29) is 5.91 Å². The van der Waals surface area contributed by atoms with Crippen molar-refractivity contribution >= 4 is 27.3 Å². The van der Waals surface area contributed by atoms with E-state index in [9.17, 15) is 4.79 Å². The summed E-state index contributed by atoms with van der Waals surface area (Å²) < 4.78 is 6.68. The maximum atomic E-state index is 12.5. The van der Waals surface area contributed by atoms with Crippen molar-refractivity contribution < 1.29 is 9.21 Å². The van der Waals surface area contributed by atoms with E-state index >= 15 is 0 Å². The summed E-state index contributed by atoms with van der Waals surface area (Å²) in [6.07, 6.45) is 2.87. The SMILES string of the molecule is Cc1ncc(CN2CCC2CNC(=O)c2csc3ccccc23)o1. The molecule has 124 valence electrons. The number of hydrogen-bond acceptors (Lipinski definition) is 5. The summed E-state index contributed by atoms with van der Waals surface area (Å²) in [5.74, 6) is 1.59. The molecule has 1 saturated heterocycles. The van der Waals surface area contributed by atoms with E-state index in [1.165, 1.54) is 0 Å². The van der Waals surface area contributed by atoms with Crippen LogP contribution in [0.5, 0.6) is 0 Å². The van der Waals surface area contributed by atoms with Gasteiger partial charge in [-0.05, 0) is 12.5 Å². The summed E-state index contributed by atoms with van der Waals surface area (Å²) in [6, 6.07) is 8.38. The van der Waals surface area contributed by atoms with Gasteiger partial charge >= 0.3 is 0 Å². The second kappa shape index (κ2) is 6.37. The molecule has 0 spiro atoms. The van der Waals surface area contributed by atoms with Gasteiger partial charge in [-0.15, -0.1) is 11.3 Å². The third kappa shape index (κ3) is 2.95. The molecule has 1 fully saturated rings. The van der Waals surface area contributed by atoms with Gasteiger partial charge in [0.15, 0.2) is 5.89 Å². The van der Waals surface area contributed by atoms with Crippen molar-refractivity contribution in [3.05, 3.63) is 53.1 Å². The van der Waals surface area contributed by atoms with Crippen molar-refractivity contribution in [2.45, 2.75) is 25.9 Å². The first kappa shape index (κ1) is 15.4. The summed E-state index contributed by atoms with van der Waals surface area (Å²) >= 11 is 1.61. The highest BCUT2D eigenvalue weighted by Crippen LogP contribution is 2.26. The maximum absolute atomic E-state index is 12.5. The molecule has 1 unspecified atom stereocenters. The molecule has 0 saturated carbocycles. The van der Waals surface area contributed by atoms with Crippen LogP contribution in [0.15, 0.2) is 40.3 Å². The zero-order chi connectivity index (χ0) is 16.5. The largest absolute Gasteiger partial charge is 0.445 e. The monoisotopic (exact) mass is 341 g/mol. The second-order valence-electron chi connectivity index (χ2n) is 6.11. The Hall–Kier alpha value is -2.18. The average Bonchev–Trinajstić information content (AvgIpc) is 3.17. The van der Waals surface area contributed by atoms with Crippen molar-refractivity contribution in [3.63, 3.8) is 0 Å². The van der Waals surface area contributed by atoms with Crippen molar-refractivity contribution in [1.29, 1.82) is 0 Å². The van der Waals surface area contributed by atoms with Crippen LogP contribution in [0.1, 0.15) is 28.4 Å². The van der Waals surface area contributed by atoms with Crippen LogP contribution >= 0.6 is 11.3 Å². The van der Waals surface area contributed by atoms with Gasteiger partial charge in [0.1, 0.15) is 5.76 Å². The molecule has 6 heteroatoms. The fourth-order valence-corrected chi connectivity index (χ4v) is 4.01. The quantitative estimate of drug-likeness (QED) is 0.774. The number of thiophene rings is 1. The van der Waals surface area contributed by atoms with Gasteiger partial charge < -0.3 is 9.73 Å². The predicted molar refractivity (Wildman–Crippen MR) is 94.2 cm³/mol. The molecule has 2 aromatic heterocycles. The van der Waals surface area contributed by atoms with Crippen LogP contribution in [0.4, 0.5) is 0 Å². The molecule has 5 nitrogen and oxygen atoms in total. The van der Waals surface area contributed by atoms with Crippen LogP contribution in [0.3, 0.4) is 0 Å². The van der Waals surface area contributed by atoms with Crippen molar-refractivity contribution in [3.8, 4) is 0 Å². The van der Waals surface area contributed by atoms with E-state index in [4.69, 9.17) is 4.42 Å². The summed E-state index contributed by atoms with van der Waals surface area (Å²) in [7, 11) is 0. The van der Waals surface area contributed by atoms with Gasteiger partial charge in [0.2, 0.25) is 0 Å². The van der Waals surface area contributed by atoms with Crippen LogP contribution in [-0.2, 0) is 6.54 Å². The number of hydrogen-bond donors (Lipinski definition) is 1. The molecular formula is C18H19N3O2S. The predicted octanol–water partition coefficient (Wildman–Crippen LogP) is 3.20. The number of aryl methyl sites for hydroxylation is 1. The minimum absolute atomic E-state index is 0.00908. The lowest BCUT2D eigenvalue weighted by Gasteiger charge is -2.40. The molecule has 3 aromatic rings. The molecule has 0 bridgehead atoms. The van der Waals surface area contributed by atoms with E-state index in [2.05, 4.69) is 15.2 Å². The van der Waals surface area contributed by atoms with Crippen LogP contribution < -0.4 is 5.32 Å². The van der Waals surface area contributed by atoms with Crippen LogP contribution in [0.25, 0.3) is 10.1 Å². The lowest BCUT2D eigenvalue weighted by molar-refractivity contribution is 0.0678. The summed E-state index contributed by atoms with van der Waals surface area (Å²) in [5.41, 5.74) is 0.771. The third-order valence-electron chi connectivity index (χ3n) is 4.52. The molecule has 1 aliphatic heterocycles. The fraction of sp³-hybridized carbons (Fsp3) is 0.333. The Bertz CT molecular complexity index is 870. The summed E-state index contributed by atoms with van der Waals surface area (Å²) in [6.45, 7) is 4.29. The van der Waals surface area contributed by atoms with E-state index in [0.29, 0.717) is 18.5 Å². The molecule has 3 heterocycles. The number of benzene rings is 1. The number of amides is 1. The number of nitrogens with one attached hydrogen (secondary N) is 1.